The van der Waals surface area contributed by atoms with E-state index in [2.05, 4.69) is 5.10 Å². The molecule has 7 heteroatoms. The molecule has 0 aliphatic heterocycles. The molecule has 0 bridgehead atoms. The number of pyridine rings is 1. The normalized spacial score (nSPS) is 11.0. The van der Waals surface area contributed by atoms with E-state index in [1.165, 1.54) is 19.4 Å². The van der Waals surface area contributed by atoms with Crippen molar-refractivity contribution < 1.29 is 9.47 Å². The van der Waals surface area contributed by atoms with Crippen LogP contribution in [0.25, 0.3) is 0 Å². The summed E-state index contributed by atoms with van der Waals surface area (Å²) in [7, 11) is 1.54. The van der Waals surface area contributed by atoms with E-state index in [1.807, 2.05) is 6.92 Å². The largest absolute Gasteiger partial charge is 0.493 e. The Hall–Kier alpha value is -2.47. The third-order valence-corrected chi connectivity index (χ3v) is 3.49. The molecule has 2 aromatic rings. The fourth-order valence-electron chi connectivity index (χ4n) is 2.13. The van der Waals surface area contributed by atoms with Crippen molar-refractivity contribution in [1.82, 2.24) is 4.68 Å². The molecule has 128 valence electrons. The molecular formula is C17H20ClN3O3. The van der Waals surface area contributed by atoms with E-state index in [-0.39, 0.29) is 11.4 Å². The lowest BCUT2D eigenvalue weighted by atomic mass is 10.2. The van der Waals surface area contributed by atoms with Gasteiger partial charge in [-0.1, -0.05) is 18.5 Å². The zero-order valence-corrected chi connectivity index (χ0v) is 14.6. The van der Waals surface area contributed by atoms with E-state index in [0.717, 1.165) is 16.7 Å². The fourth-order valence-corrected chi connectivity index (χ4v) is 2.40. The summed E-state index contributed by atoms with van der Waals surface area (Å²) in [4.78, 5) is 11.9. The van der Waals surface area contributed by atoms with Crippen LogP contribution in [0, 0.1) is 6.92 Å². The summed E-state index contributed by atoms with van der Waals surface area (Å²) in [5, 5.41) is 4.53. The van der Waals surface area contributed by atoms with Gasteiger partial charge in [0.1, 0.15) is 5.82 Å². The molecule has 0 aliphatic carbocycles. The van der Waals surface area contributed by atoms with E-state index < -0.39 is 0 Å². The van der Waals surface area contributed by atoms with Gasteiger partial charge in [-0.25, -0.2) is 0 Å². The number of nitrogens with zero attached hydrogens (tertiary/aromatic N) is 2. The second-order valence-corrected chi connectivity index (χ2v) is 5.64. The quantitative estimate of drug-likeness (QED) is 0.813. The third kappa shape index (κ3) is 4.08. The highest BCUT2D eigenvalue weighted by molar-refractivity contribution is 6.32. The first kappa shape index (κ1) is 17.9. The summed E-state index contributed by atoms with van der Waals surface area (Å²) in [6.07, 6.45) is 2.35. The number of benzene rings is 1. The zero-order valence-electron chi connectivity index (χ0n) is 13.9. The van der Waals surface area contributed by atoms with E-state index >= 15 is 0 Å². The maximum atomic E-state index is 11.9. The standard InChI is InChI=1S/C17H20ClN3O3/c1-4-5-24-17-13(18)8-12(9-14(17)23-3)10-20-21-15(19)6-11(2)7-16(21)22/h6-10H,4-5,19H2,1-3H3/b20-10-. The number of anilines is 1. The lowest BCUT2D eigenvalue weighted by molar-refractivity contribution is 0.294. The van der Waals surface area contributed by atoms with Crippen molar-refractivity contribution >= 4 is 23.6 Å². The number of aromatic nitrogens is 1. The van der Waals surface area contributed by atoms with E-state index in [0.29, 0.717) is 28.7 Å². The van der Waals surface area contributed by atoms with Gasteiger partial charge in [-0.15, -0.1) is 0 Å². The van der Waals surface area contributed by atoms with Gasteiger partial charge in [-0.2, -0.15) is 9.78 Å². The lowest BCUT2D eigenvalue weighted by Crippen LogP contribution is -2.19. The second-order valence-electron chi connectivity index (χ2n) is 5.23. The molecule has 1 heterocycles. The van der Waals surface area contributed by atoms with Crippen LogP contribution in [0.15, 0.2) is 34.2 Å². The van der Waals surface area contributed by atoms with Crippen LogP contribution < -0.4 is 20.8 Å². The average Bonchev–Trinajstić information content (AvgIpc) is 2.52. The van der Waals surface area contributed by atoms with Gasteiger partial charge in [0.2, 0.25) is 0 Å². The van der Waals surface area contributed by atoms with Crippen LogP contribution in [0.4, 0.5) is 5.82 Å². The molecule has 0 amide bonds. The van der Waals surface area contributed by atoms with Crippen LogP contribution in [0.2, 0.25) is 5.02 Å². The Kier molecular flexibility index (Phi) is 5.87. The van der Waals surface area contributed by atoms with Crippen molar-refractivity contribution in [3.05, 3.63) is 50.8 Å². The van der Waals surface area contributed by atoms with Gasteiger partial charge in [0, 0.05) is 6.07 Å². The molecule has 1 aromatic heterocycles. The van der Waals surface area contributed by atoms with Gasteiger partial charge in [-0.05, 0) is 42.7 Å². The van der Waals surface area contributed by atoms with Gasteiger partial charge in [-0.3, -0.25) is 4.79 Å². The van der Waals surface area contributed by atoms with Crippen molar-refractivity contribution in [2.45, 2.75) is 20.3 Å². The third-order valence-electron chi connectivity index (χ3n) is 3.20. The number of methoxy groups -OCH3 is 1. The predicted molar refractivity (Wildman–Crippen MR) is 96.6 cm³/mol. The highest BCUT2D eigenvalue weighted by Crippen LogP contribution is 2.36. The Balaban J connectivity index is 2.37. The van der Waals surface area contributed by atoms with E-state index in [4.69, 9.17) is 26.8 Å². The van der Waals surface area contributed by atoms with Crippen molar-refractivity contribution in [3.8, 4) is 11.5 Å². The molecule has 2 rings (SSSR count). The Morgan fingerprint density at radius 2 is 2.08 bits per heavy atom. The number of halogens is 1. The molecule has 2 N–H and O–H groups in total. The highest BCUT2D eigenvalue weighted by Gasteiger charge is 2.11. The van der Waals surface area contributed by atoms with Crippen LogP contribution in [0.5, 0.6) is 11.5 Å². The molecular weight excluding hydrogens is 330 g/mol. The van der Waals surface area contributed by atoms with Gasteiger partial charge < -0.3 is 15.2 Å². The maximum Gasteiger partial charge on any atom is 0.273 e. The summed E-state index contributed by atoms with van der Waals surface area (Å²) in [5.41, 5.74) is 6.97. The highest BCUT2D eigenvalue weighted by atomic mass is 35.5. The fraction of sp³-hybridized carbons (Fsp3) is 0.294. The van der Waals surface area contributed by atoms with Crippen molar-refractivity contribution in [2.24, 2.45) is 5.10 Å². The smallest absolute Gasteiger partial charge is 0.273 e. The van der Waals surface area contributed by atoms with E-state index in [9.17, 15) is 4.79 Å². The number of aryl methyl sites for hydroxylation is 1. The maximum absolute atomic E-state index is 11.9. The number of nitrogens with two attached hydrogens (primary N) is 1. The molecule has 0 atom stereocenters. The minimum Gasteiger partial charge on any atom is -0.493 e. The number of hydrogen-bond acceptors (Lipinski definition) is 5. The Morgan fingerprint density at radius 1 is 1.33 bits per heavy atom. The first-order chi connectivity index (χ1) is 11.5. The van der Waals surface area contributed by atoms with Gasteiger partial charge >= 0.3 is 0 Å². The minimum absolute atomic E-state index is 0.261. The van der Waals surface area contributed by atoms with Gasteiger partial charge in [0.15, 0.2) is 11.5 Å². The first-order valence-electron chi connectivity index (χ1n) is 7.50. The summed E-state index contributed by atoms with van der Waals surface area (Å²) in [6.45, 7) is 4.34. The number of hydrogen-bond donors (Lipinski definition) is 1. The van der Waals surface area contributed by atoms with Crippen molar-refractivity contribution in [1.29, 1.82) is 0 Å². The SMILES string of the molecule is CCCOc1c(Cl)cc(/C=N\n2c(N)cc(C)cc2=O)cc1OC. The number of nitrogen functional groups attached to an aromatic ring is 1. The first-order valence-corrected chi connectivity index (χ1v) is 7.88. The molecule has 6 nitrogen and oxygen atoms in total. The Bertz CT molecular complexity index is 815. The monoisotopic (exact) mass is 349 g/mol. The van der Waals surface area contributed by atoms with Gasteiger partial charge in [0.25, 0.3) is 5.56 Å². The van der Waals surface area contributed by atoms with E-state index in [1.54, 1.807) is 25.1 Å². The second kappa shape index (κ2) is 7.88. The van der Waals surface area contributed by atoms with Crippen LogP contribution in [-0.4, -0.2) is 24.6 Å². The predicted octanol–water partition coefficient (Wildman–Crippen LogP) is 3.07. The zero-order chi connectivity index (χ0) is 17.7. The van der Waals surface area contributed by atoms with Crippen LogP contribution in [0.3, 0.4) is 0 Å². The Labute approximate surface area is 145 Å². The number of rotatable bonds is 6. The number of ether oxygens (including phenoxy) is 2. The molecule has 24 heavy (non-hydrogen) atoms. The summed E-state index contributed by atoms with van der Waals surface area (Å²) in [6, 6.07) is 6.56. The molecule has 1 aromatic carbocycles. The molecule has 0 saturated carbocycles. The Morgan fingerprint density at radius 3 is 2.71 bits per heavy atom. The topological polar surface area (TPSA) is 78.8 Å². The van der Waals surface area contributed by atoms with Crippen LogP contribution in [0.1, 0.15) is 24.5 Å². The summed E-state index contributed by atoms with van der Waals surface area (Å²) in [5.74, 6) is 1.25. The molecule has 0 fully saturated rings. The molecule has 0 unspecified atom stereocenters. The van der Waals surface area contributed by atoms with Crippen molar-refractivity contribution in [2.75, 3.05) is 19.5 Å². The molecule has 0 spiro atoms. The minimum atomic E-state index is -0.301. The molecule has 0 aliphatic rings. The lowest BCUT2D eigenvalue weighted by Gasteiger charge is -2.12. The summed E-state index contributed by atoms with van der Waals surface area (Å²) < 4.78 is 12.0. The average molecular weight is 350 g/mol. The van der Waals surface area contributed by atoms with Crippen LogP contribution in [-0.2, 0) is 0 Å². The summed E-state index contributed by atoms with van der Waals surface area (Å²) >= 11 is 6.25. The molecule has 0 saturated heterocycles. The molecule has 0 radical (unpaired) electrons. The van der Waals surface area contributed by atoms with Gasteiger partial charge in [0.05, 0.1) is 25.0 Å². The van der Waals surface area contributed by atoms with Crippen molar-refractivity contribution in [3.63, 3.8) is 0 Å². The van der Waals surface area contributed by atoms with Crippen LogP contribution >= 0.6 is 11.6 Å².